The molecule has 116 valence electrons. The quantitative estimate of drug-likeness (QED) is 0.865. The van der Waals surface area contributed by atoms with Gasteiger partial charge in [0.15, 0.2) is 0 Å². The molecule has 0 aliphatic heterocycles. The van der Waals surface area contributed by atoms with Gasteiger partial charge in [-0.1, -0.05) is 6.07 Å². The van der Waals surface area contributed by atoms with Crippen molar-refractivity contribution >= 4 is 22.4 Å². The summed E-state index contributed by atoms with van der Waals surface area (Å²) in [5.41, 5.74) is 6.46. The molecule has 3 N–H and O–H groups in total. The Morgan fingerprint density at radius 3 is 2.30 bits per heavy atom. The molecule has 0 aliphatic rings. The summed E-state index contributed by atoms with van der Waals surface area (Å²) in [6.07, 6.45) is 0. The Hall–Kier alpha value is -0.820. The van der Waals surface area contributed by atoms with Gasteiger partial charge in [0.2, 0.25) is 10.0 Å². The molecule has 1 aromatic carbocycles. The summed E-state index contributed by atoms with van der Waals surface area (Å²) in [5, 5.41) is 0. The Labute approximate surface area is 127 Å². The summed E-state index contributed by atoms with van der Waals surface area (Å²) in [6, 6.07) is 3.52. The Morgan fingerprint density at radius 2 is 1.85 bits per heavy atom. The fourth-order valence-electron chi connectivity index (χ4n) is 1.87. The lowest BCUT2D eigenvalue weighted by molar-refractivity contribution is 0.399. The van der Waals surface area contributed by atoms with Crippen molar-refractivity contribution in [1.29, 1.82) is 0 Å². The molecular weight excluding hydrogens is 300 g/mol. The highest BCUT2D eigenvalue weighted by molar-refractivity contribution is 7.89. The zero-order valence-electron chi connectivity index (χ0n) is 12.5. The van der Waals surface area contributed by atoms with E-state index in [2.05, 4.69) is 4.72 Å². The Morgan fingerprint density at radius 1 is 1.30 bits per heavy atom. The molecule has 0 aliphatic carbocycles. The van der Waals surface area contributed by atoms with E-state index in [0.29, 0.717) is 11.3 Å². The second-order valence-electron chi connectivity index (χ2n) is 5.31. The topological polar surface area (TPSA) is 81.4 Å². The first-order valence-electron chi connectivity index (χ1n) is 6.02. The number of nitrogens with one attached hydrogen (secondary N) is 1. The molecule has 0 atom stereocenters. The third kappa shape index (κ3) is 4.34. The molecule has 0 aromatic heterocycles. The van der Waals surface area contributed by atoms with Gasteiger partial charge in [-0.25, -0.2) is 13.1 Å². The zero-order chi connectivity index (χ0) is 14.8. The van der Waals surface area contributed by atoms with E-state index in [1.165, 1.54) is 7.11 Å². The van der Waals surface area contributed by atoms with E-state index >= 15 is 0 Å². The third-order valence-corrected chi connectivity index (χ3v) is 4.68. The number of rotatable bonds is 5. The number of hydrogen-bond acceptors (Lipinski definition) is 4. The first-order valence-corrected chi connectivity index (χ1v) is 7.50. The number of nitrogens with two attached hydrogens (primary N) is 1. The Balaban J connectivity index is 0.00000361. The van der Waals surface area contributed by atoms with E-state index in [-0.39, 0.29) is 23.8 Å². The van der Waals surface area contributed by atoms with Crippen LogP contribution in [-0.2, 0) is 10.0 Å². The van der Waals surface area contributed by atoms with Crippen LogP contribution in [0.1, 0.15) is 25.0 Å². The van der Waals surface area contributed by atoms with Gasteiger partial charge in [0.25, 0.3) is 0 Å². The molecule has 7 heteroatoms. The smallest absolute Gasteiger partial charge is 0.245 e. The normalized spacial score (nSPS) is 11.9. The summed E-state index contributed by atoms with van der Waals surface area (Å²) >= 11 is 0. The largest absolute Gasteiger partial charge is 0.495 e. The van der Waals surface area contributed by atoms with Gasteiger partial charge in [-0.3, -0.25) is 0 Å². The van der Waals surface area contributed by atoms with Crippen molar-refractivity contribution in [2.24, 2.45) is 5.73 Å². The number of methoxy groups -OCH3 is 1. The van der Waals surface area contributed by atoms with Crippen LogP contribution in [0.4, 0.5) is 0 Å². The first-order chi connectivity index (χ1) is 8.63. The highest BCUT2D eigenvalue weighted by Crippen LogP contribution is 2.29. The van der Waals surface area contributed by atoms with E-state index < -0.39 is 15.6 Å². The van der Waals surface area contributed by atoms with Crippen LogP contribution in [0.3, 0.4) is 0 Å². The highest BCUT2D eigenvalue weighted by Gasteiger charge is 2.29. The molecule has 0 unspecified atom stereocenters. The van der Waals surface area contributed by atoms with Crippen molar-refractivity contribution in [1.82, 2.24) is 4.72 Å². The fourth-order valence-corrected chi connectivity index (χ4v) is 3.67. The Bertz CT molecular complexity index is 571. The maximum Gasteiger partial charge on any atom is 0.245 e. The van der Waals surface area contributed by atoms with E-state index in [1.54, 1.807) is 26.8 Å². The van der Waals surface area contributed by atoms with E-state index in [9.17, 15) is 8.42 Å². The van der Waals surface area contributed by atoms with E-state index in [4.69, 9.17) is 10.5 Å². The van der Waals surface area contributed by atoms with Crippen LogP contribution in [0.25, 0.3) is 0 Å². The molecule has 0 heterocycles. The van der Waals surface area contributed by atoms with Gasteiger partial charge in [0, 0.05) is 12.1 Å². The van der Waals surface area contributed by atoms with Gasteiger partial charge >= 0.3 is 0 Å². The van der Waals surface area contributed by atoms with E-state index in [1.807, 2.05) is 13.0 Å². The maximum atomic E-state index is 12.5. The monoisotopic (exact) mass is 322 g/mol. The lowest BCUT2D eigenvalue weighted by Gasteiger charge is -2.25. The van der Waals surface area contributed by atoms with Crippen molar-refractivity contribution in [2.75, 3.05) is 13.7 Å². The van der Waals surface area contributed by atoms with Gasteiger partial charge in [-0.2, -0.15) is 0 Å². The molecule has 0 spiro atoms. The van der Waals surface area contributed by atoms with Crippen molar-refractivity contribution in [3.05, 3.63) is 23.3 Å². The minimum Gasteiger partial charge on any atom is -0.495 e. The lowest BCUT2D eigenvalue weighted by atomic mass is 10.1. The molecule has 20 heavy (non-hydrogen) atoms. The molecule has 0 saturated heterocycles. The average molecular weight is 323 g/mol. The van der Waals surface area contributed by atoms with Crippen molar-refractivity contribution < 1.29 is 13.2 Å². The second-order valence-corrected chi connectivity index (χ2v) is 6.93. The predicted octanol–water partition coefficient (Wildman–Crippen LogP) is 1.75. The zero-order valence-corrected chi connectivity index (χ0v) is 14.1. The molecule has 0 amide bonds. The Kier molecular flexibility index (Phi) is 6.48. The van der Waals surface area contributed by atoms with Crippen molar-refractivity contribution in [3.8, 4) is 5.75 Å². The molecule has 5 nitrogen and oxygen atoms in total. The summed E-state index contributed by atoms with van der Waals surface area (Å²) in [4.78, 5) is 0.169. The number of hydrogen-bond donors (Lipinski definition) is 2. The maximum absolute atomic E-state index is 12.5. The standard InChI is InChI=1S/C13H22N2O3S.ClH/c1-9-6-10(2)12(11(7-9)18-5)19(16,17)15-13(3,4)8-14;/h6-7,15H,8,14H2,1-5H3;1H. The number of aryl methyl sites for hydroxylation is 2. The van der Waals surface area contributed by atoms with Gasteiger partial charge in [0.05, 0.1) is 7.11 Å². The number of halogens is 1. The SMILES string of the molecule is COc1cc(C)cc(C)c1S(=O)(=O)NC(C)(C)CN.Cl. The lowest BCUT2D eigenvalue weighted by Crippen LogP contribution is -2.48. The summed E-state index contributed by atoms with van der Waals surface area (Å²) < 4.78 is 32.7. The first kappa shape index (κ1) is 19.2. The number of benzene rings is 1. The molecule has 0 fully saturated rings. The summed E-state index contributed by atoms with van der Waals surface area (Å²) in [6.45, 7) is 7.32. The van der Waals surface area contributed by atoms with Crippen molar-refractivity contribution in [3.63, 3.8) is 0 Å². The van der Waals surface area contributed by atoms with Gasteiger partial charge in [-0.15, -0.1) is 12.4 Å². The predicted molar refractivity (Wildman–Crippen MR) is 83.2 cm³/mol. The van der Waals surface area contributed by atoms with Crippen LogP contribution >= 0.6 is 12.4 Å². The average Bonchev–Trinajstić information content (AvgIpc) is 2.25. The minimum atomic E-state index is -3.68. The van der Waals surface area contributed by atoms with Crippen LogP contribution < -0.4 is 15.2 Å². The molecule has 1 rings (SSSR count). The summed E-state index contributed by atoms with van der Waals surface area (Å²) in [7, 11) is -2.22. The molecular formula is C13H23ClN2O3S. The van der Waals surface area contributed by atoms with Crippen LogP contribution in [0, 0.1) is 13.8 Å². The summed E-state index contributed by atoms with van der Waals surface area (Å²) in [5.74, 6) is 0.345. The molecule has 0 bridgehead atoms. The van der Waals surface area contributed by atoms with E-state index in [0.717, 1.165) is 5.56 Å². The van der Waals surface area contributed by atoms with Gasteiger partial charge < -0.3 is 10.5 Å². The van der Waals surface area contributed by atoms with Gasteiger partial charge in [0.1, 0.15) is 10.6 Å². The fraction of sp³-hybridized carbons (Fsp3) is 0.538. The van der Waals surface area contributed by atoms with Gasteiger partial charge in [-0.05, 0) is 44.9 Å². The third-order valence-electron chi connectivity index (χ3n) is 2.79. The highest BCUT2D eigenvalue weighted by atomic mass is 35.5. The minimum absolute atomic E-state index is 0. The van der Waals surface area contributed by atoms with Crippen LogP contribution in [-0.4, -0.2) is 27.6 Å². The molecule has 0 radical (unpaired) electrons. The van der Waals surface area contributed by atoms with Crippen molar-refractivity contribution in [2.45, 2.75) is 38.1 Å². The number of sulfonamides is 1. The molecule has 0 saturated carbocycles. The van der Waals surface area contributed by atoms with Crippen LogP contribution in [0.2, 0.25) is 0 Å². The molecule has 1 aromatic rings. The van der Waals surface area contributed by atoms with Crippen LogP contribution in [0.5, 0.6) is 5.75 Å². The van der Waals surface area contributed by atoms with Crippen LogP contribution in [0.15, 0.2) is 17.0 Å². The second kappa shape index (κ2) is 6.76. The number of ether oxygens (including phenoxy) is 1.